The maximum absolute atomic E-state index is 12.2. The number of anilines is 1. The maximum atomic E-state index is 12.2. The van der Waals surface area contributed by atoms with Crippen LogP contribution in [0.2, 0.25) is 0 Å². The van der Waals surface area contributed by atoms with Gasteiger partial charge in [-0.2, -0.15) is 0 Å². The summed E-state index contributed by atoms with van der Waals surface area (Å²) in [4.78, 5) is 14.1. The van der Waals surface area contributed by atoms with Crippen LogP contribution in [0.3, 0.4) is 0 Å². The predicted octanol–water partition coefficient (Wildman–Crippen LogP) is 3.58. The van der Waals surface area contributed by atoms with Crippen LogP contribution < -0.4 is 5.32 Å². The molecule has 1 aliphatic rings. The molecule has 0 saturated carbocycles. The molecule has 1 fully saturated rings. The molecule has 18 heavy (non-hydrogen) atoms. The first-order chi connectivity index (χ1) is 8.72. The van der Waals surface area contributed by atoms with Gasteiger partial charge in [0.2, 0.25) is 0 Å². The van der Waals surface area contributed by atoms with Gasteiger partial charge in [-0.15, -0.1) is 0 Å². The zero-order valence-electron chi connectivity index (χ0n) is 11.3. The molecule has 3 nitrogen and oxygen atoms in total. The summed E-state index contributed by atoms with van der Waals surface area (Å²) in [6.07, 6.45) is 4.44. The molecule has 0 aromatic heterocycles. The van der Waals surface area contributed by atoms with E-state index in [2.05, 4.69) is 18.3 Å². The number of carbonyl (C=O) groups excluding carboxylic acids is 1. The highest BCUT2D eigenvalue weighted by atomic mass is 16.2. The third-order valence-corrected chi connectivity index (χ3v) is 3.62. The normalized spacial score (nSPS) is 15.6. The highest BCUT2D eigenvalue weighted by molar-refractivity contribution is 5.91. The Kier molecular flexibility index (Phi) is 4.24. The molecular weight excluding hydrogens is 224 g/mol. The van der Waals surface area contributed by atoms with E-state index in [0.29, 0.717) is 0 Å². The first kappa shape index (κ1) is 12.9. The summed E-state index contributed by atoms with van der Waals surface area (Å²) >= 11 is 0. The van der Waals surface area contributed by atoms with Gasteiger partial charge in [-0.05, 0) is 43.7 Å². The molecule has 1 saturated heterocycles. The largest absolute Gasteiger partial charge is 0.325 e. The number of hydrogen-bond acceptors (Lipinski definition) is 1. The van der Waals surface area contributed by atoms with E-state index in [1.807, 2.05) is 24.0 Å². The van der Waals surface area contributed by atoms with Gasteiger partial charge in [0.25, 0.3) is 0 Å². The van der Waals surface area contributed by atoms with Crippen LogP contribution >= 0.6 is 0 Å². The number of carbonyl (C=O) groups is 1. The Balaban J connectivity index is 2.10. The summed E-state index contributed by atoms with van der Waals surface area (Å²) in [6.45, 7) is 5.94. The molecule has 1 aromatic rings. The number of para-hydroxylation sites is 1. The Morgan fingerprint density at radius 3 is 2.67 bits per heavy atom. The average molecular weight is 246 g/mol. The number of amides is 2. The van der Waals surface area contributed by atoms with Gasteiger partial charge < -0.3 is 10.2 Å². The lowest BCUT2D eigenvalue weighted by molar-refractivity contribution is 0.200. The van der Waals surface area contributed by atoms with Crippen molar-refractivity contribution in [3.05, 3.63) is 29.3 Å². The average Bonchev–Trinajstić information content (AvgIpc) is 2.42. The quantitative estimate of drug-likeness (QED) is 0.850. The van der Waals surface area contributed by atoms with Crippen LogP contribution in [0.1, 0.15) is 37.3 Å². The number of urea groups is 1. The third kappa shape index (κ3) is 2.84. The van der Waals surface area contributed by atoms with Gasteiger partial charge >= 0.3 is 6.03 Å². The molecule has 0 atom stereocenters. The van der Waals surface area contributed by atoms with Crippen molar-refractivity contribution in [3.8, 4) is 0 Å². The van der Waals surface area contributed by atoms with Crippen molar-refractivity contribution in [1.82, 2.24) is 4.90 Å². The molecule has 1 aromatic carbocycles. The van der Waals surface area contributed by atoms with Gasteiger partial charge in [0.05, 0.1) is 0 Å². The van der Waals surface area contributed by atoms with Crippen LogP contribution in [-0.4, -0.2) is 24.0 Å². The Labute approximate surface area is 109 Å². The van der Waals surface area contributed by atoms with Crippen molar-refractivity contribution >= 4 is 11.7 Å². The second-order valence-corrected chi connectivity index (χ2v) is 4.94. The molecule has 1 heterocycles. The first-order valence-electron chi connectivity index (χ1n) is 6.86. The van der Waals surface area contributed by atoms with Gasteiger partial charge in [0.15, 0.2) is 0 Å². The molecule has 2 rings (SSSR count). The lowest BCUT2D eigenvalue weighted by Gasteiger charge is -2.27. The molecular formula is C15H22N2O. The van der Waals surface area contributed by atoms with Crippen LogP contribution in [0.4, 0.5) is 10.5 Å². The minimum Gasteiger partial charge on any atom is -0.325 e. The number of nitrogens with zero attached hydrogens (tertiary/aromatic N) is 1. The number of aryl methyl sites for hydroxylation is 2. The monoisotopic (exact) mass is 246 g/mol. The minimum atomic E-state index is 0.0544. The Morgan fingerprint density at radius 1 is 1.28 bits per heavy atom. The highest BCUT2D eigenvalue weighted by Crippen LogP contribution is 2.22. The summed E-state index contributed by atoms with van der Waals surface area (Å²) in [5.74, 6) is 0. The number of hydrogen-bond donors (Lipinski definition) is 1. The van der Waals surface area contributed by atoms with E-state index in [9.17, 15) is 4.79 Å². The van der Waals surface area contributed by atoms with Crippen molar-refractivity contribution < 1.29 is 4.79 Å². The van der Waals surface area contributed by atoms with Crippen LogP contribution in [-0.2, 0) is 6.42 Å². The van der Waals surface area contributed by atoms with Gasteiger partial charge in [0.1, 0.15) is 0 Å². The molecule has 0 bridgehead atoms. The molecule has 2 amide bonds. The predicted molar refractivity (Wildman–Crippen MR) is 75.0 cm³/mol. The number of piperidine rings is 1. The molecule has 0 aliphatic carbocycles. The van der Waals surface area contributed by atoms with Gasteiger partial charge in [-0.1, -0.05) is 25.1 Å². The minimum absolute atomic E-state index is 0.0544. The van der Waals surface area contributed by atoms with E-state index in [1.165, 1.54) is 12.0 Å². The topological polar surface area (TPSA) is 32.3 Å². The number of likely N-dealkylation sites (tertiary alicyclic amines) is 1. The zero-order chi connectivity index (χ0) is 13.0. The van der Waals surface area contributed by atoms with Crippen molar-refractivity contribution in [2.24, 2.45) is 0 Å². The van der Waals surface area contributed by atoms with E-state index < -0.39 is 0 Å². The molecule has 0 radical (unpaired) electrons. The SMILES string of the molecule is CCc1cccc(C)c1NC(=O)N1CCCCC1. The van der Waals surface area contributed by atoms with E-state index >= 15 is 0 Å². The molecule has 98 valence electrons. The van der Waals surface area contributed by atoms with Crippen molar-refractivity contribution in [2.45, 2.75) is 39.5 Å². The van der Waals surface area contributed by atoms with Gasteiger partial charge in [-0.3, -0.25) is 0 Å². The summed E-state index contributed by atoms with van der Waals surface area (Å²) < 4.78 is 0. The number of rotatable bonds is 2. The second kappa shape index (κ2) is 5.89. The molecule has 1 N–H and O–H groups in total. The van der Waals surface area contributed by atoms with Crippen LogP contribution in [0.15, 0.2) is 18.2 Å². The van der Waals surface area contributed by atoms with Gasteiger partial charge in [-0.25, -0.2) is 4.79 Å². The summed E-state index contributed by atoms with van der Waals surface area (Å²) in [6, 6.07) is 6.23. The summed E-state index contributed by atoms with van der Waals surface area (Å²) in [5.41, 5.74) is 3.34. The maximum Gasteiger partial charge on any atom is 0.321 e. The number of nitrogens with one attached hydrogen (secondary N) is 1. The van der Waals surface area contributed by atoms with Crippen molar-refractivity contribution in [1.29, 1.82) is 0 Å². The zero-order valence-corrected chi connectivity index (χ0v) is 11.3. The fraction of sp³-hybridized carbons (Fsp3) is 0.533. The number of benzene rings is 1. The van der Waals surface area contributed by atoms with Crippen LogP contribution in [0.5, 0.6) is 0 Å². The lowest BCUT2D eigenvalue weighted by atomic mass is 10.1. The Bertz CT molecular complexity index is 423. The van der Waals surface area contributed by atoms with E-state index in [4.69, 9.17) is 0 Å². The molecule has 0 unspecified atom stereocenters. The standard InChI is InChI=1S/C15H22N2O/c1-3-13-9-7-8-12(2)14(13)16-15(18)17-10-5-4-6-11-17/h7-9H,3-6,10-11H2,1-2H3,(H,16,18). The summed E-state index contributed by atoms with van der Waals surface area (Å²) in [5, 5.41) is 3.09. The van der Waals surface area contributed by atoms with Crippen LogP contribution in [0.25, 0.3) is 0 Å². The smallest absolute Gasteiger partial charge is 0.321 e. The van der Waals surface area contributed by atoms with E-state index in [0.717, 1.165) is 43.6 Å². The molecule has 0 spiro atoms. The first-order valence-corrected chi connectivity index (χ1v) is 6.86. The fourth-order valence-electron chi connectivity index (χ4n) is 2.49. The third-order valence-electron chi connectivity index (χ3n) is 3.62. The Hall–Kier alpha value is -1.51. The Morgan fingerprint density at radius 2 is 2.00 bits per heavy atom. The van der Waals surface area contributed by atoms with E-state index in [-0.39, 0.29) is 6.03 Å². The van der Waals surface area contributed by atoms with Crippen molar-refractivity contribution in [2.75, 3.05) is 18.4 Å². The second-order valence-electron chi connectivity index (χ2n) is 4.94. The van der Waals surface area contributed by atoms with Gasteiger partial charge in [0, 0.05) is 18.8 Å². The van der Waals surface area contributed by atoms with Crippen LogP contribution in [0, 0.1) is 6.92 Å². The molecule has 1 aliphatic heterocycles. The molecule has 3 heteroatoms. The fourth-order valence-corrected chi connectivity index (χ4v) is 2.49. The van der Waals surface area contributed by atoms with Crippen molar-refractivity contribution in [3.63, 3.8) is 0 Å². The van der Waals surface area contributed by atoms with E-state index in [1.54, 1.807) is 0 Å². The summed E-state index contributed by atoms with van der Waals surface area (Å²) in [7, 11) is 0. The highest BCUT2D eigenvalue weighted by Gasteiger charge is 2.17. The lowest BCUT2D eigenvalue weighted by Crippen LogP contribution is -2.39.